The van der Waals surface area contributed by atoms with E-state index in [1.807, 2.05) is 38.1 Å². The standard InChI is InChI=1S/C13H18N2O/c1-13(2,10-14)15-9-8-11-4-6-12(16-3)7-5-11/h4-7,15H,8-9H2,1-3H3. The van der Waals surface area contributed by atoms with E-state index in [1.54, 1.807) is 7.11 Å². The molecule has 0 heterocycles. The van der Waals surface area contributed by atoms with Gasteiger partial charge in [-0.1, -0.05) is 12.1 Å². The monoisotopic (exact) mass is 218 g/mol. The minimum absolute atomic E-state index is 0.452. The topological polar surface area (TPSA) is 45.0 Å². The first-order chi connectivity index (χ1) is 7.57. The van der Waals surface area contributed by atoms with Crippen molar-refractivity contribution < 1.29 is 4.74 Å². The van der Waals surface area contributed by atoms with Crippen molar-refractivity contribution in [1.29, 1.82) is 5.26 Å². The fourth-order valence-electron chi connectivity index (χ4n) is 1.35. The minimum Gasteiger partial charge on any atom is -0.497 e. The molecular weight excluding hydrogens is 200 g/mol. The predicted octanol–water partition coefficient (Wildman–Crippen LogP) is 2.13. The maximum atomic E-state index is 8.83. The zero-order valence-electron chi connectivity index (χ0n) is 10.1. The van der Waals surface area contributed by atoms with Crippen LogP contribution in [0.25, 0.3) is 0 Å². The largest absolute Gasteiger partial charge is 0.497 e. The quantitative estimate of drug-likeness (QED) is 0.823. The fraction of sp³-hybridized carbons (Fsp3) is 0.462. The molecule has 0 spiro atoms. The van der Waals surface area contributed by atoms with E-state index in [9.17, 15) is 0 Å². The number of ether oxygens (including phenoxy) is 1. The highest BCUT2D eigenvalue weighted by molar-refractivity contribution is 5.27. The number of rotatable bonds is 5. The third kappa shape index (κ3) is 3.92. The maximum absolute atomic E-state index is 8.83. The molecule has 0 aromatic heterocycles. The number of hydrogen-bond donors (Lipinski definition) is 1. The van der Waals surface area contributed by atoms with Gasteiger partial charge in [0.05, 0.1) is 13.2 Å². The molecule has 86 valence electrons. The highest BCUT2D eigenvalue weighted by atomic mass is 16.5. The second-order valence-corrected chi connectivity index (χ2v) is 4.26. The summed E-state index contributed by atoms with van der Waals surface area (Å²) in [6.07, 6.45) is 0.912. The lowest BCUT2D eigenvalue weighted by atomic mass is 10.1. The summed E-state index contributed by atoms with van der Waals surface area (Å²) in [5.74, 6) is 0.870. The number of nitriles is 1. The van der Waals surface area contributed by atoms with Crippen molar-refractivity contribution in [2.75, 3.05) is 13.7 Å². The first kappa shape index (κ1) is 12.5. The van der Waals surface area contributed by atoms with Gasteiger partial charge in [0.2, 0.25) is 0 Å². The zero-order chi connectivity index (χ0) is 12.0. The molecule has 1 aromatic carbocycles. The van der Waals surface area contributed by atoms with Gasteiger partial charge in [0.25, 0.3) is 0 Å². The van der Waals surface area contributed by atoms with Crippen LogP contribution in [0.2, 0.25) is 0 Å². The van der Waals surface area contributed by atoms with Crippen LogP contribution in [-0.4, -0.2) is 19.2 Å². The van der Waals surface area contributed by atoms with Crippen molar-refractivity contribution in [1.82, 2.24) is 5.32 Å². The third-order valence-corrected chi connectivity index (χ3v) is 2.42. The number of nitrogens with zero attached hydrogens (tertiary/aromatic N) is 1. The molecule has 0 saturated heterocycles. The molecule has 1 rings (SSSR count). The summed E-state index contributed by atoms with van der Waals surface area (Å²) in [6.45, 7) is 4.55. The van der Waals surface area contributed by atoms with Crippen molar-refractivity contribution in [3.63, 3.8) is 0 Å². The molecule has 0 saturated carbocycles. The highest BCUT2D eigenvalue weighted by Gasteiger charge is 2.14. The Bertz CT molecular complexity index is 363. The van der Waals surface area contributed by atoms with Gasteiger partial charge in [0.15, 0.2) is 0 Å². The fourth-order valence-corrected chi connectivity index (χ4v) is 1.35. The van der Waals surface area contributed by atoms with Crippen molar-refractivity contribution in [3.8, 4) is 11.8 Å². The van der Waals surface area contributed by atoms with Crippen molar-refractivity contribution >= 4 is 0 Å². The molecule has 16 heavy (non-hydrogen) atoms. The van der Waals surface area contributed by atoms with Crippen molar-refractivity contribution in [2.24, 2.45) is 0 Å². The van der Waals surface area contributed by atoms with E-state index >= 15 is 0 Å². The van der Waals surface area contributed by atoms with Gasteiger partial charge in [-0.3, -0.25) is 5.32 Å². The van der Waals surface area contributed by atoms with E-state index in [1.165, 1.54) is 5.56 Å². The zero-order valence-corrected chi connectivity index (χ0v) is 10.1. The molecule has 0 bridgehead atoms. The van der Waals surface area contributed by atoms with Gasteiger partial charge >= 0.3 is 0 Å². The second kappa shape index (κ2) is 5.53. The van der Waals surface area contributed by atoms with Crippen LogP contribution < -0.4 is 10.1 Å². The Morgan fingerprint density at radius 3 is 2.44 bits per heavy atom. The molecule has 0 fully saturated rings. The van der Waals surface area contributed by atoms with Crippen LogP contribution >= 0.6 is 0 Å². The van der Waals surface area contributed by atoms with Crippen LogP contribution in [-0.2, 0) is 6.42 Å². The van der Waals surface area contributed by atoms with Crippen LogP contribution in [0.3, 0.4) is 0 Å². The predicted molar refractivity (Wildman–Crippen MR) is 64.4 cm³/mol. The Balaban J connectivity index is 2.41. The van der Waals surface area contributed by atoms with E-state index in [0.717, 1.165) is 18.7 Å². The van der Waals surface area contributed by atoms with Gasteiger partial charge in [0.1, 0.15) is 11.3 Å². The summed E-state index contributed by atoms with van der Waals surface area (Å²) in [7, 11) is 1.66. The van der Waals surface area contributed by atoms with Gasteiger partial charge in [-0.2, -0.15) is 5.26 Å². The van der Waals surface area contributed by atoms with Gasteiger partial charge in [-0.25, -0.2) is 0 Å². The molecule has 1 aromatic rings. The summed E-state index contributed by atoms with van der Waals surface area (Å²) in [5, 5.41) is 12.0. The average Bonchev–Trinajstić information content (AvgIpc) is 2.30. The molecule has 0 aliphatic heterocycles. The van der Waals surface area contributed by atoms with Crippen LogP contribution in [0.4, 0.5) is 0 Å². The Morgan fingerprint density at radius 2 is 1.94 bits per heavy atom. The van der Waals surface area contributed by atoms with Crippen LogP contribution in [0.1, 0.15) is 19.4 Å². The van der Waals surface area contributed by atoms with Crippen LogP contribution in [0.5, 0.6) is 5.75 Å². The lowest BCUT2D eigenvalue weighted by molar-refractivity contribution is 0.414. The van der Waals surface area contributed by atoms with Gasteiger partial charge < -0.3 is 4.74 Å². The average molecular weight is 218 g/mol. The Labute approximate surface area is 97.0 Å². The van der Waals surface area contributed by atoms with Crippen LogP contribution in [0, 0.1) is 11.3 Å². The molecule has 1 N–H and O–H groups in total. The summed E-state index contributed by atoms with van der Waals surface area (Å²) in [4.78, 5) is 0. The number of hydrogen-bond acceptors (Lipinski definition) is 3. The molecule has 0 aliphatic carbocycles. The van der Waals surface area contributed by atoms with Gasteiger partial charge in [0, 0.05) is 6.54 Å². The summed E-state index contributed by atoms with van der Waals surface area (Å²) in [5.41, 5.74) is 0.786. The minimum atomic E-state index is -0.452. The Kier molecular flexibility index (Phi) is 4.33. The van der Waals surface area contributed by atoms with E-state index in [0.29, 0.717) is 0 Å². The number of methoxy groups -OCH3 is 1. The molecule has 0 radical (unpaired) electrons. The lowest BCUT2D eigenvalue weighted by Gasteiger charge is -2.17. The summed E-state index contributed by atoms with van der Waals surface area (Å²) in [6, 6.07) is 10.2. The molecule has 0 atom stereocenters. The smallest absolute Gasteiger partial charge is 0.118 e. The Hall–Kier alpha value is -1.53. The molecule has 3 heteroatoms. The number of benzene rings is 1. The molecule has 0 amide bonds. The van der Waals surface area contributed by atoms with E-state index in [2.05, 4.69) is 11.4 Å². The van der Waals surface area contributed by atoms with Crippen molar-refractivity contribution in [2.45, 2.75) is 25.8 Å². The Morgan fingerprint density at radius 1 is 1.31 bits per heavy atom. The van der Waals surface area contributed by atoms with Crippen LogP contribution in [0.15, 0.2) is 24.3 Å². The van der Waals surface area contributed by atoms with E-state index in [-0.39, 0.29) is 0 Å². The maximum Gasteiger partial charge on any atom is 0.118 e. The first-order valence-electron chi connectivity index (χ1n) is 5.36. The lowest BCUT2D eigenvalue weighted by Crippen LogP contribution is -2.38. The molecule has 3 nitrogen and oxygen atoms in total. The first-order valence-corrected chi connectivity index (χ1v) is 5.36. The normalized spacial score (nSPS) is 10.9. The SMILES string of the molecule is COc1ccc(CCNC(C)(C)C#N)cc1. The van der Waals surface area contributed by atoms with E-state index < -0.39 is 5.54 Å². The molecular formula is C13H18N2O. The van der Waals surface area contributed by atoms with E-state index in [4.69, 9.17) is 10.00 Å². The van der Waals surface area contributed by atoms with Gasteiger partial charge in [-0.15, -0.1) is 0 Å². The summed E-state index contributed by atoms with van der Waals surface area (Å²) >= 11 is 0. The summed E-state index contributed by atoms with van der Waals surface area (Å²) < 4.78 is 5.09. The highest BCUT2D eigenvalue weighted by Crippen LogP contribution is 2.11. The number of nitrogens with one attached hydrogen (secondary N) is 1. The third-order valence-electron chi connectivity index (χ3n) is 2.42. The molecule has 0 aliphatic rings. The second-order valence-electron chi connectivity index (χ2n) is 4.26. The molecule has 0 unspecified atom stereocenters. The van der Waals surface area contributed by atoms with Gasteiger partial charge in [-0.05, 0) is 38.0 Å². The van der Waals surface area contributed by atoms with Crippen molar-refractivity contribution in [3.05, 3.63) is 29.8 Å².